The van der Waals surface area contributed by atoms with Crippen LogP contribution in [0.4, 0.5) is 17.1 Å². The van der Waals surface area contributed by atoms with E-state index in [1.54, 1.807) is 24.3 Å². The molecule has 0 fully saturated rings. The van der Waals surface area contributed by atoms with Crippen molar-refractivity contribution in [1.29, 1.82) is 0 Å². The van der Waals surface area contributed by atoms with Crippen LogP contribution < -0.4 is 20.1 Å². The average molecular weight is 992 g/mol. The maximum atomic E-state index is 13.6. The molecule has 17 nitrogen and oxygen atoms in total. The van der Waals surface area contributed by atoms with Crippen LogP contribution in [0.15, 0.2) is 128 Å². The summed E-state index contributed by atoms with van der Waals surface area (Å²) >= 11 is 0. The number of benzene rings is 6. The number of carbonyl (C=O) groups excluding carboxylic acids is 2. The van der Waals surface area contributed by atoms with E-state index in [9.17, 15) is 45.7 Å². The van der Waals surface area contributed by atoms with Crippen LogP contribution in [-0.2, 0) is 35.9 Å². The molecule has 0 spiro atoms. The van der Waals surface area contributed by atoms with Crippen molar-refractivity contribution < 1.29 is 55.2 Å². The standard InChI is InChI=1S/C51H53N5O12S2/c1-7-50(3,4)31-15-20-41(38(27-31)51(5,6)8-2)67-24-12-11-22-53-48(59)37-29-42(35-13-9-10-14-36(35)46(37)57)68-33-18-16-32(17-19-33)55-56-45-43(70(64,65)66)26-30-25-34(69(61,62)63)28-40(44(30)47(45)58)54-49(60)39-21-23-52-39/h9-10,13-21,23,25-29,57-58H,7-8,11-12,22,24H2,1-6H3,(H,53,59)(H,54,60)(H,61,62,63)(H,64,65,66). The zero-order chi connectivity index (χ0) is 50.8. The normalized spacial score (nSPS) is 13.1. The molecule has 0 unspecified atom stereocenters. The molecule has 0 bridgehead atoms. The minimum Gasteiger partial charge on any atom is -0.506 e. The van der Waals surface area contributed by atoms with Crippen molar-refractivity contribution in [3.63, 3.8) is 0 Å². The Bertz CT molecular complexity index is 3370. The fourth-order valence-corrected chi connectivity index (χ4v) is 8.78. The summed E-state index contributed by atoms with van der Waals surface area (Å²) in [6.45, 7) is 14.1. The van der Waals surface area contributed by atoms with Gasteiger partial charge in [0, 0.05) is 34.5 Å². The van der Waals surface area contributed by atoms with E-state index >= 15 is 0 Å². The molecule has 6 aromatic carbocycles. The molecule has 0 atom stereocenters. The van der Waals surface area contributed by atoms with Crippen LogP contribution >= 0.6 is 0 Å². The Balaban J connectivity index is 1.07. The number of unbranched alkanes of at least 4 members (excludes halogenated alkanes) is 1. The largest absolute Gasteiger partial charge is 0.506 e. The number of aromatic hydroxyl groups is 2. The molecule has 0 aliphatic carbocycles. The first-order valence-corrected chi connectivity index (χ1v) is 25.2. The number of rotatable bonds is 19. The molecule has 1 aliphatic rings. The first-order valence-electron chi connectivity index (χ1n) is 22.4. The van der Waals surface area contributed by atoms with E-state index in [0.717, 1.165) is 36.8 Å². The third kappa shape index (κ3) is 11.0. The molecular formula is C51H53N5O12S2. The van der Waals surface area contributed by atoms with Crippen molar-refractivity contribution in [3.8, 4) is 28.7 Å². The lowest BCUT2D eigenvalue weighted by atomic mass is 9.76. The van der Waals surface area contributed by atoms with Gasteiger partial charge < -0.3 is 30.3 Å². The van der Waals surface area contributed by atoms with Gasteiger partial charge in [0.15, 0.2) is 5.75 Å². The zero-order valence-electron chi connectivity index (χ0n) is 39.3. The van der Waals surface area contributed by atoms with E-state index in [1.807, 2.05) is 0 Å². The van der Waals surface area contributed by atoms with Crippen LogP contribution in [0.2, 0.25) is 0 Å². The highest BCUT2D eigenvalue weighted by molar-refractivity contribution is 7.86. The van der Waals surface area contributed by atoms with Gasteiger partial charge in [0.25, 0.3) is 32.1 Å². The summed E-state index contributed by atoms with van der Waals surface area (Å²) in [6.07, 6.45) is 5.93. The number of carbonyl (C=O) groups is 2. The monoisotopic (exact) mass is 991 g/mol. The maximum Gasteiger partial charge on any atom is 0.296 e. The fraction of sp³-hybridized carbons (Fsp3) is 0.275. The van der Waals surface area contributed by atoms with Gasteiger partial charge in [0.2, 0.25) is 0 Å². The van der Waals surface area contributed by atoms with E-state index in [4.69, 9.17) is 9.47 Å². The van der Waals surface area contributed by atoms with Crippen LogP contribution in [0.1, 0.15) is 88.7 Å². The molecule has 6 N–H and O–H groups in total. The molecule has 0 saturated carbocycles. The van der Waals surface area contributed by atoms with E-state index in [0.29, 0.717) is 36.8 Å². The minimum atomic E-state index is -5.16. The molecule has 1 heterocycles. The Morgan fingerprint density at radius 1 is 0.743 bits per heavy atom. The lowest BCUT2D eigenvalue weighted by Crippen LogP contribution is -2.25. The summed E-state index contributed by atoms with van der Waals surface area (Å²) in [7, 11) is -10.1. The predicted molar refractivity (Wildman–Crippen MR) is 267 cm³/mol. The summed E-state index contributed by atoms with van der Waals surface area (Å²) in [5, 5.41) is 36.2. The van der Waals surface area contributed by atoms with Crippen molar-refractivity contribution in [1.82, 2.24) is 5.32 Å². The molecule has 366 valence electrons. The number of nitrogens with zero attached hydrogens (tertiary/aromatic N) is 3. The molecule has 1 aliphatic heterocycles. The molecule has 0 radical (unpaired) electrons. The summed E-state index contributed by atoms with van der Waals surface area (Å²) in [4.78, 5) is 28.4. The number of fused-ring (bicyclic) bond motifs is 2. The van der Waals surface area contributed by atoms with Crippen molar-refractivity contribution in [2.24, 2.45) is 15.2 Å². The summed E-state index contributed by atoms with van der Waals surface area (Å²) in [6, 6.07) is 23.1. The number of phenols is 2. The van der Waals surface area contributed by atoms with Gasteiger partial charge in [-0.1, -0.05) is 77.9 Å². The molecule has 7 rings (SSSR count). The van der Waals surface area contributed by atoms with Gasteiger partial charge in [-0.3, -0.25) is 23.7 Å². The van der Waals surface area contributed by atoms with Crippen LogP contribution in [0.3, 0.4) is 0 Å². The Morgan fingerprint density at radius 2 is 1.43 bits per heavy atom. The van der Waals surface area contributed by atoms with Crippen molar-refractivity contribution in [3.05, 3.63) is 120 Å². The van der Waals surface area contributed by atoms with Gasteiger partial charge >= 0.3 is 0 Å². The number of aliphatic imine (C=N–C) groups is 1. The van der Waals surface area contributed by atoms with E-state index < -0.39 is 53.3 Å². The van der Waals surface area contributed by atoms with Crippen molar-refractivity contribution in [2.45, 2.75) is 87.8 Å². The van der Waals surface area contributed by atoms with Gasteiger partial charge in [0.05, 0.1) is 28.4 Å². The fourth-order valence-electron chi connectivity index (χ4n) is 7.58. The minimum absolute atomic E-state index is 0.00713. The van der Waals surface area contributed by atoms with Gasteiger partial charge in [-0.25, -0.2) is 0 Å². The number of hydrogen-bond acceptors (Lipinski definition) is 13. The molecule has 6 aromatic rings. The highest BCUT2D eigenvalue weighted by Gasteiger charge is 2.29. The quantitative estimate of drug-likeness (QED) is 0.0251. The van der Waals surface area contributed by atoms with E-state index in [1.165, 1.54) is 53.7 Å². The highest BCUT2D eigenvalue weighted by Crippen LogP contribution is 2.46. The molecular weight excluding hydrogens is 939 g/mol. The average Bonchev–Trinajstić information content (AvgIpc) is 3.29. The molecule has 70 heavy (non-hydrogen) atoms. The third-order valence-corrected chi connectivity index (χ3v) is 14.2. The third-order valence-electron chi connectivity index (χ3n) is 12.6. The number of anilines is 1. The second-order valence-electron chi connectivity index (χ2n) is 18.0. The highest BCUT2D eigenvalue weighted by atomic mass is 32.2. The van der Waals surface area contributed by atoms with Gasteiger partial charge in [-0.2, -0.15) is 21.9 Å². The number of hydrogen-bond donors (Lipinski definition) is 6. The molecule has 2 amide bonds. The van der Waals surface area contributed by atoms with Gasteiger partial charge in [-0.15, -0.1) is 5.11 Å². The van der Waals surface area contributed by atoms with Crippen LogP contribution in [-0.4, -0.2) is 66.8 Å². The SMILES string of the molecule is CCC(C)(C)c1ccc(OCCCCNC(=O)c2cc(Oc3ccc(N=Nc4c(S(=O)(=O)O)cc5cc(S(=O)(=O)O)cc(NC(=O)C6=NC=C6)c5c4O)cc3)c3ccccc3c2O)c(C(C)(C)CC)c1. The van der Waals surface area contributed by atoms with E-state index in [-0.39, 0.29) is 61.5 Å². The van der Waals surface area contributed by atoms with Crippen molar-refractivity contribution >= 4 is 76.4 Å². The van der Waals surface area contributed by atoms with Crippen LogP contribution in [0.25, 0.3) is 21.5 Å². The zero-order valence-corrected chi connectivity index (χ0v) is 40.9. The molecule has 0 saturated heterocycles. The second-order valence-corrected chi connectivity index (χ2v) is 20.8. The van der Waals surface area contributed by atoms with Gasteiger partial charge in [-0.05, 0) is 108 Å². The van der Waals surface area contributed by atoms with Crippen LogP contribution in [0.5, 0.6) is 28.7 Å². The predicted octanol–water partition coefficient (Wildman–Crippen LogP) is 11.0. The maximum absolute atomic E-state index is 13.6. The second kappa shape index (κ2) is 20.0. The number of azo groups is 1. The van der Waals surface area contributed by atoms with Crippen molar-refractivity contribution in [2.75, 3.05) is 18.5 Å². The first-order chi connectivity index (χ1) is 33.0. The number of amides is 2. The Labute approximate surface area is 405 Å². The summed E-state index contributed by atoms with van der Waals surface area (Å²) < 4.78 is 81.8. The molecule has 0 aromatic heterocycles. The van der Waals surface area contributed by atoms with Gasteiger partial charge in [0.1, 0.15) is 39.3 Å². The van der Waals surface area contributed by atoms with E-state index in [2.05, 4.69) is 85.6 Å². The lowest BCUT2D eigenvalue weighted by Gasteiger charge is -2.30. The Hall–Kier alpha value is -7.19. The number of ether oxygens (including phenoxy) is 2. The summed E-state index contributed by atoms with van der Waals surface area (Å²) in [5.74, 6) is -1.09. The number of nitrogens with one attached hydrogen (secondary N) is 2. The number of phenolic OH excluding ortho intramolecular Hbond substituents is 2. The smallest absolute Gasteiger partial charge is 0.296 e. The summed E-state index contributed by atoms with van der Waals surface area (Å²) in [5.41, 5.74) is 1.34. The van der Waals surface area contributed by atoms with Crippen LogP contribution in [0, 0.1) is 0 Å². The Kier molecular flexibility index (Phi) is 14.5. The Morgan fingerprint density at radius 3 is 2.06 bits per heavy atom. The lowest BCUT2D eigenvalue weighted by molar-refractivity contribution is -0.110. The molecule has 19 heteroatoms. The topological polar surface area (TPSA) is 263 Å². The first kappa shape index (κ1) is 50.7.